The van der Waals surface area contributed by atoms with Crippen molar-refractivity contribution in [2.75, 3.05) is 0 Å². The van der Waals surface area contributed by atoms with Gasteiger partial charge in [0, 0.05) is 12.4 Å². The molecule has 0 saturated carbocycles. The van der Waals surface area contributed by atoms with E-state index in [0.717, 1.165) is 5.56 Å². The number of hydrogen-bond donors (Lipinski definition) is 1. The summed E-state index contributed by atoms with van der Waals surface area (Å²) in [6, 6.07) is 1.46. The first-order valence-electron chi connectivity index (χ1n) is 4.41. The Hall–Kier alpha value is -2.11. The van der Waals surface area contributed by atoms with Crippen LogP contribution < -0.4 is 0 Å². The van der Waals surface area contributed by atoms with Gasteiger partial charge >= 0.3 is 5.97 Å². The summed E-state index contributed by atoms with van der Waals surface area (Å²) in [5.41, 5.74) is 1.10. The second kappa shape index (κ2) is 3.56. The molecule has 78 valence electrons. The Morgan fingerprint density at radius 2 is 2.33 bits per heavy atom. The summed E-state index contributed by atoms with van der Waals surface area (Å²) in [7, 11) is 0. The van der Waals surface area contributed by atoms with Gasteiger partial charge in [-0.3, -0.25) is 9.36 Å². The monoisotopic (exact) mass is 206 g/mol. The molecule has 15 heavy (non-hydrogen) atoms. The van der Waals surface area contributed by atoms with E-state index in [9.17, 15) is 4.79 Å². The number of carboxylic acid groups (broad SMARTS) is 1. The highest BCUT2D eigenvalue weighted by Gasteiger charge is 2.06. The normalized spacial score (nSPS) is 10.5. The van der Waals surface area contributed by atoms with Crippen LogP contribution in [-0.2, 0) is 6.67 Å². The minimum absolute atomic E-state index is 0.0406. The number of nitrogens with zero attached hydrogens (tertiary/aromatic N) is 4. The lowest BCUT2D eigenvalue weighted by atomic mass is 10.4. The van der Waals surface area contributed by atoms with Crippen molar-refractivity contribution < 1.29 is 9.90 Å². The van der Waals surface area contributed by atoms with Crippen molar-refractivity contribution in [1.29, 1.82) is 0 Å². The lowest BCUT2D eigenvalue weighted by Gasteiger charge is -2.00. The lowest BCUT2D eigenvalue weighted by molar-refractivity contribution is 0.0689. The average Bonchev–Trinajstić information content (AvgIpc) is 2.76. The first-order valence-corrected chi connectivity index (χ1v) is 4.41. The Morgan fingerprint density at radius 3 is 2.87 bits per heavy atom. The molecule has 0 aliphatic carbocycles. The van der Waals surface area contributed by atoms with Crippen molar-refractivity contribution in [3.63, 3.8) is 0 Å². The third kappa shape index (κ3) is 2.04. The quantitative estimate of drug-likeness (QED) is 0.797. The molecule has 0 spiro atoms. The molecule has 0 radical (unpaired) electrons. The molecule has 2 heterocycles. The molecule has 2 aromatic rings. The molecular formula is C9H10N4O2. The lowest BCUT2D eigenvalue weighted by Crippen LogP contribution is -2.10. The number of hydrogen-bond acceptors (Lipinski definition) is 3. The Kier molecular flexibility index (Phi) is 2.24. The van der Waals surface area contributed by atoms with Crippen molar-refractivity contribution in [2.24, 2.45) is 0 Å². The van der Waals surface area contributed by atoms with Crippen LogP contribution in [0, 0.1) is 6.92 Å². The van der Waals surface area contributed by atoms with Crippen LogP contribution in [0.5, 0.6) is 0 Å². The Balaban J connectivity index is 2.14. The SMILES string of the molecule is Cc1cnn(Cn2ccc(C(=O)O)n2)c1. The summed E-state index contributed by atoms with van der Waals surface area (Å²) in [6.07, 6.45) is 5.21. The van der Waals surface area contributed by atoms with Gasteiger partial charge in [0.05, 0.1) is 6.20 Å². The van der Waals surface area contributed by atoms with Gasteiger partial charge < -0.3 is 5.11 Å². The molecule has 1 N–H and O–H groups in total. The summed E-state index contributed by atoms with van der Waals surface area (Å²) in [5, 5.41) is 16.6. The number of rotatable bonds is 3. The zero-order valence-electron chi connectivity index (χ0n) is 8.16. The van der Waals surface area contributed by atoms with E-state index >= 15 is 0 Å². The van der Waals surface area contributed by atoms with Gasteiger partial charge in [0.25, 0.3) is 0 Å². The molecule has 0 bridgehead atoms. The molecule has 6 nitrogen and oxygen atoms in total. The van der Waals surface area contributed by atoms with Gasteiger partial charge in [-0.15, -0.1) is 0 Å². The van der Waals surface area contributed by atoms with Gasteiger partial charge in [-0.05, 0) is 18.6 Å². The van der Waals surface area contributed by atoms with Crippen LogP contribution in [-0.4, -0.2) is 30.6 Å². The topological polar surface area (TPSA) is 72.9 Å². The van der Waals surface area contributed by atoms with E-state index in [-0.39, 0.29) is 5.69 Å². The second-order valence-electron chi connectivity index (χ2n) is 3.24. The molecule has 0 fully saturated rings. The predicted octanol–water partition coefficient (Wildman–Crippen LogP) is 0.592. The van der Waals surface area contributed by atoms with E-state index < -0.39 is 5.97 Å². The smallest absolute Gasteiger partial charge is 0.356 e. The van der Waals surface area contributed by atoms with Crippen LogP contribution in [0.4, 0.5) is 0 Å². The number of carbonyl (C=O) groups is 1. The van der Waals surface area contributed by atoms with Crippen LogP contribution in [0.3, 0.4) is 0 Å². The molecular weight excluding hydrogens is 196 g/mol. The third-order valence-corrected chi connectivity index (χ3v) is 1.91. The van der Waals surface area contributed by atoms with Crippen LogP contribution in [0.25, 0.3) is 0 Å². The van der Waals surface area contributed by atoms with E-state index in [1.165, 1.54) is 10.7 Å². The minimum atomic E-state index is -1.02. The Labute approximate surface area is 85.8 Å². The van der Waals surface area contributed by atoms with Gasteiger partial charge in [0.15, 0.2) is 5.69 Å². The van der Waals surface area contributed by atoms with Crippen molar-refractivity contribution in [1.82, 2.24) is 19.6 Å². The average molecular weight is 206 g/mol. The summed E-state index contributed by atoms with van der Waals surface area (Å²) in [4.78, 5) is 10.6. The second-order valence-corrected chi connectivity index (χ2v) is 3.24. The zero-order valence-corrected chi connectivity index (χ0v) is 8.16. The van der Waals surface area contributed by atoms with Gasteiger partial charge in [-0.2, -0.15) is 10.2 Å². The van der Waals surface area contributed by atoms with Crippen molar-refractivity contribution in [3.05, 3.63) is 35.9 Å². The first-order chi connectivity index (χ1) is 7.15. The van der Waals surface area contributed by atoms with E-state index in [2.05, 4.69) is 10.2 Å². The van der Waals surface area contributed by atoms with E-state index in [0.29, 0.717) is 6.67 Å². The first kappa shape index (κ1) is 9.45. The molecule has 0 saturated heterocycles. The van der Waals surface area contributed by atoms with E-state index in [4.69, 9.17) is 5.11 Å². The van der Waals surface area contributed by atoms with Crippen molar-refractivity contribution >= 4 is 5.97 Å². The maximum Gasteiger partial charge on any atom is 0.356 e. The molecule has 6 heteroatoms. The fourth-order valence-corrected chi connectivity index (χ4v) is 1.25. The molecule has 0 unspecified atom stereocenters. The molecule has 0 atom stereocenters. The summed E-state index contributed by atoms with van der Waals surface area (Å²) in [5.74, 6) is -1.02. The largest absolute Gasteiger partial charge is 0.476 e. The molecule has 0 aromatic carbocycles. The zero-order chi connectivity index (χ0) is 10.8. The van der Waals surface area contributed by atoms with Crippen molar-refractivity contribution in [2.45, 2.75) is 13.6 Å². The third-order valence-electron chi connectivity index (χ3n) is 1.91. The Bertz CT molecular complexity index is 486. The maximum absolute atomic E-state index is 10.6. The maximum atomic E-state index is 10.6. The van der Waals surface area contributed by atoms with E-state index in [1.54, 1.807) is 17.1 Å². The van der Waals surface area contributed by atoms with Crippen LogP contribution >= 0.6 is 0 Å². The van der Waals surface area contributed by atoms with Crippen LogP contribution in [0.1, 0.15) is 16.1 Å². The fourth-order valence-electron chi connectivity index (χ4n) is 1.25. The number of aryl methyl sites for hydroxylation is 1. The summed E-state index contributed by atoms with van der Waals surface area (Å²) < 4.78 is 3.21. The molecule has 0 amide bonds. The number of carboxylic acids is 1. The molecule has 2 rings (SSSR count). The highest BCUT2D eigenvalue weighted by atomic mass is 16.4. The molecule has 0 aliphatic heterocycles. The van der Waals surface area contributed by atoms with E-state index in [1.807, 2.05) is 13.1 Å². The molecule has 2 aromatic heterocycles. The van der Waals surface area contributed by atoms with Gasteiger partial charge in [-0.1, -0.05) is 0 Å². The van der Waals surface area contributed by atoms with Gasteiger partial charge in [-0.25, -0.2) is 4.79 Å². The number of aromatic carboxylic acids is 1. The van der Waals surface area contributed by atoms with Crippen LogP contribution in [0.15, 0.2) is 24.7 Å². The predicted molar refractivity (Wildman–Crippen MR) is 51.5 cm³/mol. The Morgan fingerprint density at radius 1 is 1.53 bits per heavy atom. The van der Waals surface area contributed by atoms with Gasteiger partial charge in [0.1, 0.15) is 6.67 Å². The van der Waals surface area contributed by atoms with Gasteiger partial charge in [0.2, 0.25) is 0 Å². The van der Waals surface area contributed by atoms with Crippen LogP contribution in [0.2, 0.25) is 0 Å². The van der Waals surface area contributed by atoms with Crippen molar-refractivity contribution in [3.8, 4) is 0 Å². The molecule has 0 aliphatic rings. The summed E-state index contributed by atoms with van der Waals surface area (Å²) in [6.45, 7) is 2.36. The fraction of sp³-hybridized carbons (Fsp3) is 0.222. The minimum Gasteiger partial charge on any atom is -0.476 e. The highest BCUT2D eigenvalue weighted by molar-refractivity contribution is 5.84. The highest BCUT2D eigenvalue weighted by Crippen LogP contribution is 1.98. The summed E-state index contributed by atoms with van der Waals surface area (Å²) >= 11 is 0. The standard InChI is InChI=1S/C9H10N4O2/c1-7-4-10-13(5-7)6-12-3-2-8(11-12)9(14)15/h2-5H,6H2,1H3,(H,14,15). The number of aromatic nitrogens is 4.